The molecule has 1 heterocycles. The topological polar surface area (TPSA) is 55.8 Å². The third kappa shape index (κ3) is 5.91. The number of thioether (sulfide) groups is 1. The Morgan fingerprint density at radius 3 is 2.37 bits per heavy atom. The Kier molecular flexibility index (Phi) is 8.54. The molecule has 3 aromatic rings. The summed E-state index contributed by atoms with van der Waals surface area (Å²) in [6, 6.07) is 16.1. The molecule has 0 N–H and O–H groups in total. The van der Waals surface area contributed by atoms with Crippen LogP contribution in [0.3, 0.4) is 0 Å². The summed E-state index contributed by atoms with van der Waals surface area (Å²) in [7, 11) is 1.54. The summed E-state index contributed by atoms with van der Waals surface area (Å²) in [5, 5.41) is 1.02. The van der Waals surface area contributed by atoms with Crippen LogP contribution in [0.4, 0.5) is 4.79 Å². The van der Waals surface area contributed by atoms with Crippen molar-refractivity contribution in [1.29, 1.82) is 0 Å². The zero-order chi connectivity index (χ0) is 25.1. The van der Waals surface area contributed by atoms with Gasteiger partial charge in [0.25, 0.3) is 11.1 Å². The number of imide groups is 1. The van der Waals surface area contributed by atoms with E-state index >= 15 is 0 Å². The van der Waals surface area contributed by atoms with Crippen molar-refractivity contribution in [1.82, 2.24) is 4.90 Å². The summed E-state index contributed by atoms with van der Waals surface area (Å²) in [6.45, 7) is 0.269. The molecule has 10 heteroatoms. The van der Waals surface area contributed by atoms with Crippen LogP contribution < -0.4 is 9.47 Å². The number of nitrogens with zero attached hydrogens (tertiary/aromatic N) is 1. The van der Waals surface area contributed by atoms with E-state index in [1.54, 1.807) is 43.5 Å². The molecule has 4 rings (SSSR count). The number of methoxy groups -OCH3 is 1. The average Bonchev–Trinajstić information content (AvgIpc) is 3.08. The normalized spacial score (nSPS) is 14.7. The van der Waals surface area contributed by atoms with E-state index in [4.69, 9.17) is 44.3 Å². The molecule has 0 radical (unpaired) electrons. The van der Waals surface area contributed by atoms with Crippen LogP contribution in [-0.2, 0) is 17.9 Å². The monoisotopic (exact) mass is 659 g/mol. The molecule has 0 unspecified atom stereocenters. The highest BCUT2D eigenvalue weighted by Gasteiger charge is 2.35. The van der Waals surface area contributed by atoms with Crippen LogP contribution >= 0.6 is 69.2 Å². The molecular weight excluding hydrogens is 644 g/mol. The smallest absolute Gasteiger partial charge is 0.293 e. The van der Waals surface area contributed by atoms with Crippen molar-refractivity contribution in [2.45, 2.75) is 13.2 Å². The molecule has 1 fully saturated rings. The first-order valence-corrected chi connectivity index (χ1v) is 13.2. The molecule has 2 amide bonds. The molecular formula is C25H17Cl3INO4S. The fraction of sp³-hybridized carbons (Fsp3) is 0.120. The zero-order valence-electron chi connectivity index (χ0n) is 18.2. The molecule has 0 saturated carbocycles. The summed E-state index contributed by atoms with van der Waals surface area (Å²) >= 11 is 21.7. The van der Waals surface area contributed by atoms with Crippen molar-refractivity contribution in [2.24, 2.45) is 0 Å². The van der Waals surface area contributed by atoms with Crippen molar-refractivity contribution >= 4 is 86.4 Å². The van der Waals surface area contributed by atoms with Gasteiger partial charge in [-0.25, -0.2) is 0 Å². The minimum absolute atomic E-state index is 0.00378. The van der Waals surface area contributed by atoms with Gasteiger partial charge >= 0.3 is 0 Å². The molecule has 0 aromatic heterocycles. The first-order valence-electron chi connectivity index (χ1n) is 10.2. The van der Waals surface area contributed by atoms with E-state index in [-0.39, 0.29) is 13.2 Å². The van der Waals surface area contributed by atoms with Gasteiger partial charge in [0.05, 0.1) is 22.1 Å². The van der Waals surface area contributed by atoms with Crippen LogP contribution in [0.1, 0.15) is 16.7 Å². The van der Waals surface area contributed by atoms with Gasteiger partial charge in [0.15, 0.2) is 11.5 Å². The largest absolute Gasteiger partial charge is 0.493 e. The molecule has 0 bridgehead atoms. The van der Waals surface area contributed by atoms with Gasteiger partial charge < -0.3 is 9.47 Å². The van der Waals surface area contributed by atoms with Crippen molar-refractivity contribution in [3.05, 3.63) is 94.8 Å². The van der Waals surface area contributed by atoms with Crippen molar-refractivity contribution in [3.63, 3.8) is 0 Å². The summed E-state index contributed by atoms with van der Waals surface area (Å²) in [5.74, 6) is 0.646. The standard InChI is InChI=1S/C25H17Cl3INO4S/c1-33-21-10-14(9-20(29)23(21)34-13-15-5-2-3-6-17(15)26)11-22-24(31)30(25(32)35-22)12-16-18(27)7-4-8-19(16)28/h2-11H,12-13H2,1H3/b22-11+. The van der Waals surface area contributed by atoms with Gasteiger partial charge in [0, 0.05) is 26.2 Å². The average molecular weight is 661 g/mol. The molecule has 180 valence electrons. The van der Waals surface area contributed by atoms with Gasteiger partial charge in [-0.2, -0.15) is 0 Å². The van der Waals surface area contributed by atoms with Crippen molar-refractivity contribution in [3.8, 4) is 11.5 Å². The Hall–Kier alpha value is -1.91. The van der Waals surface area contributed by atoms with E-state index in [1.807, 2.05) is 24.3 Å². The van der Waals surface area contributed by atoms with E-state index in [0.29, 0.717) is 42.6 Å². The number of rotatable bonds is 7. The van der Waals surface area contributed by atoms with Crippen LogP contribution in [0.2, 0.25) is 15.1 Å². The molecule has 1 aliphatic heterocycles. The van der Waals surface area contributed by atoms with Crippen LogP contribution in [0.5, 0.6) is 11.5 Å². The molecule has 0 aliphatic carbocycles. The highest BCUT2D eigenvalue weighted by atomic mass is 127. The highest BCUT2D eigenvalue weighted by molar-refractivity contribution is 14.1. The molecule has 0 spiro atoms. The molecule has 0 atom stereocenters. The fourth-order valence-corrected chi connectivity index (χ4v) is 5.68. The Morgan fingerprint density at radius 2 is 1.69 bits per heavy atom. The predicted molar refractivity (Wildman–Crippen MR) is 149 cm³/mol. The number of benzene rings is 3. The van der Waals surface area contributed by atoms with Crippen LogP contribution in [-0.4, -0.2) is 23.2 Å². The maximum absolute atomic E-state index is 13.0. The van der Waals surface area contributed by atoms with E-state index < -0.39 is 11.1 Å². The van der Waals surface area contributed by atoms with Gasteiger partial charge in [-0.15, -0.1) is 0 Å². The van der Waals surface area contributed by atoms with Gasteiger partial charge in [-0.1, -0.05) is 59.1 Å². The molecule has 3 aromatic carbocycles. The van der Waals surface area contributed by atoms with Crippen molar-refractivity contribution in [2.75, 3.05) is 7.11 Å². The second-order valence-electron chi connectivity index (χ2n) is 7.38. The summed E-state index contributed by atoms with van der Waals surface area (Å²) in [5.41, 5.74) is 2.07. The minimum atomic E-state index is -0.413. The lowest BCUT2D eigenvalue weighted by atomic mass is 10.1. The Morgan fingerprint density at radius 1 is 1.00 bits per heavy atom. The SMILES string of the molecule is COc1cc(/C=C2/SC(=O)N(Cc3c(Cl)cccc3Cl)C2=O)cc(I)c1OCc1ccccc1Cl. The lowest BCUT2D eigenvalue weighted by molar-refractivity contribution is -0.123. The van der Waals surface area contributed by atoms with E-state index in [0.717, 1.165) is 25.8 Å². The molecule has 1 aliphatic rings. The quantitative estimate of drug-likeness (QED) is 0.190. The number of carbonyl (C=O) groups excluding carboxylic acids is 2. The first kappa shape index (κ1) is 26.2. The second kappa shape index (κ2) is 11.4. The number of carbonyl (C=O) groups is 2. The predicted octanol–water partition coefficient (Wildman–Crippen LogP) is 8.08. The molecule has 35 heavy (non-hydrogen) atoms. The first-order chi connectivity index (χ1) is 16.8. The Labute approximate surface area is 235 Å². The third-order valence-electron chi connectivity index (χ3n) is 5.13. The van der Waals surface area contributed by atoms with Gasteiger partial charge in [-0.05, 0) is 76.3 Å². The summed E-state index contributed by atoms with van der Waals surface area (Å²) in [4.78, 5) is 27.0. The number of amides is 2. The number of halogens is 4. The zero-order valence-corrected chi connectivity index (χ0v) is 23.4. The second-order valence-corrected chi connectivity index (χ2v) is 10.8. The van der Waals surface area contributed by atoms with E-state index in [9.17, 15) is 9.59 Å². The van der Waals surface area contributed by atoms with Crippen LogP contribution in [0.15, 0.2) is 59.5 Å². The van der Waals surface area contributed by atoms with E-state index in [2.05, 4.69) is 22.6 Å². The van der Waals surface area contributed by atoms with E-state index in [1.165, 1.54) is 0 Å². The maximum Gasteiger partial charge on any atom is 0.293 e. The highest BCUT2D eigenvalue weighted by Crippen LogP contribution is 2.39. The van der Waals surface area contributed by atoms with Gasteiger partial charge in [-0.3, -0.25) is 14.5 Å². The Balaban J connectivity index is 1.56. The van der Waals surface area contributed by atoms with Gasteiger partial charge in [0.1, 0.15) is 6.61 Å². The number of ether oxygens (including phenoxy) is 2. The molecule has 5 nitrogen and oxygen atoms in total. The molecule has 1 saturated heterocycles. The lowest BCUT2D eigenvalue weighted by Crippen LogP contribution is -2.27. The number of hydrogen-bond donors (Lipinski definition) is 0. The van der Waals surface area contributed by atoms with Gasteiger partial charge in [0.2, 0.25) is 0 Å². The fourth-order valence-electron chi connectivity index (χ4n) is 3.36. The summed E-state index contributed by atoms with van der Waals surface area (Å²) < 4.78 is 12.3. The van der Waals surface area contributed by atoms with Crippen LogP contribution in [0.25, 0.3) is 6.08 Å². The third-order valence-corrected chi connectivity index (χ3v) is 7.92. The van der Waals surface area contributed by atoms with Crippen molar-refractivity contribution < 1.29 is 19.1 Å². The summed E-state index contributed by atoms with van der Waals surface area (Å²) in [6.07, 6.45) is 1.65. The maximum atomic E-state index is 13.0. The lowest BCUT2D eigenvalue weighted by Gasteiger charge is -2.15. The number of hydrogen-bond acceptors (Lipinski definition) is 5. The Bertz CT molecular complexity index is 1330. The minimum Gasteiger partial charge on any atom is -0.493 e. The van der Waals surface area contributed by atoms with Crippen LogP contribution in [0, 0.1) is 3.57 Å².